The second-order valence-corrected chi connectivity index (χ2v) is 3.39. The average Bonchev–Trinajstić information content (AvgIpc) is 2.62. The molecule has 0 spiro atoms. The lowest BCUT2D eigenvalue weighted by Gasteiger charge is -2.08. The predicted molar refractivity (Wildman–Crippen MR) is 47.9 cm³/mol. The van der Waals surface area contributed by atoms with Gasteiger partial charge in [-0.15, -0.1) is 0 Å². The molecule has 1 N–H and O–H groups in total. The van der Waals surface area contributed by atoms with Gasteiger partial charge in [0.25, 0.3) is 0 Å². The monoisotopic (exact) mass is 201 g/mol. The summed E-state index contributed by atoms with van der Waals surface area (Å²) in [7, 11) is 0. The summed E-state index contributed by atoms with van der Waals surface area (Å²) in [5.41, 5.74) is 3.80. The molecule has 0 aromatic heterocycles. The van der Waals surface area contributed by atoms with E-state index in [0.717, 1.165) is 12.0 Å². The van der Waals surface area contributed by atoms with Gasteiger partial charge in [-0.3, -0.25) is 0 Å². The van der Waals surface area contributed by atoms with Gasteiger partial charge >= 0.3 is 0 Å². The molecular formula is C9H9ClFNO. The Morgan fingerprint density at radius 1 is 1.54 bits per heavy atom. The third kappa shape index (κ3) is 1.82. The zero-order valence-electron chi connectivity index (χ0n) is 6.89. The molecule has 1 aliphatic rings. The molecule has 1 aromatic carbocycles. The molecule has 0 aliphatic carbocycles. The summed E-state index contributed by atoms with van der Waals surface area (Å²) in [6.45, 7) is 0.680. The highest BCUT2D eigenvalue weighted by Gasteiger charge is 2.17. The first-order chi connectivity index (χ1) is 6.27. The molecule has 2 rings (SSSR count). The topological polar surface area (TPSA) is 21.3 Å². The Hall–Kier alpha value is -0.640. The first kappa shape index (κ1) is 8.94. The Morgan fingerprint density at radius 3 is 3.00 bits per heavy atom. The Morgan fingerprint density at radius 2 is 2.38 bits per heavy atom. The Bertz CT molecular complexity index is 312. The highest BCUT2D eigenvalue weighted by Crippen LogP contribution is 2.25. The molecule has 0 saturated carbocycles. The molecule has 0 bridgehead atoms. The fraction of sp³-hybridized carbons (Fsp3) is 0.333. The van der Waals surface area contributed by atoms with E-state index in [1.807, 2.05) is 0 Å². The number of hydrogen-bond acceptors (Lipinski definition) is 2. The maximum atomic E-state index is 12.8. The van der Waals surface area contributed by atoms with Crippen molar-refractivity contribution >= 4 is 11.6 Å². The Balaban J connectivity index is 2.25. The molecule has 1 aromatic rings. The number of hydrogen-bond donors (Lipinski definition) is 1. The lowest BCUT2D eigenvalue weighted by atomic mass is 10.1. The van der Waals surface area contributed by atoms with Crippen LogP contribution in [0, 0.1) is 5.82 Å². The predicted octanol–water partition coefficient (Wildman–Crippen LogP) is 2.45. The van der Waals surface area contributed by atoms with Gasteiger partial charge in [-0.1, -0.05) is 17.7 Å². The first-order valence-corrected chi connectivity index (χ1v) is 4.47. The van der Waals surface area contributed by atoms with Gasteiger partial charge in [-0.25, -0.2) is 4.39 Å². The number of rotatable bonds is 1. The second kappa shape index (κ2) is 3.62. The molecule has 4 heteroatoms. The van der Waals surface area contributed by atoms with Crippen molar-refractivity contribution in [1.29, 1.82) is 0 Å². The summed E-state index contributed by atoms with van der Waals surface area (Å²) >= 11 is 5.65. The van der Waals surface area contributed by atoms with Crippen molar-refractivity contribution in [3.8, 4) is 0 Å². The van der Waals surface area contributed by atoms with Gasteiger partial charge < -0.3 is 4.84 Å². The van der Waals surface area contributed by atoms with Gasteiger partial charge in [0.2, 0.25) is 0 Å². The lowest BCUT2D eigenvalue weighted by Crippen LogP contribution is -2.11. The van der Waals surface area contributed by atoms with Crippen molar-refractivity contribution in [1.82, 2.24) is 5.48 Å². The quantitative estimate of drug-likeness (QED) is 0.754. The van der Waals surface area contributed by atoms with E-state index >= 15 is 0 Å². The van der Waals surface area contributed by atoms with Crippen LogP contribution in [0.15, 0.2) is 18.2 Å². The van der Waals surface area contributed by atoms with Crippen LogP contribution in [0.2, 0.25) is 5.02 Å². The van der Waals surface area contributed by atoms with E-state index in [0.29, 0.717) is 6.61 Å². The summed E-state index contributed by atoms with van der Waals surface area (Å²) in [5, 5.41) is 0.159. The normalized spacial score (nSPS) is 22.2. The molecule has 1 saturated heterocycles. The Labute approximate surface area is 80.6 Å². The van der Waals surface area contributed by atoms with E-state index in [4.69, 9.17) is 16.4 Å². The van der Waals surface area contributed by atoms with Crippen LogP contribution in [0.5, 0.6) is 0 Å². The van der Waals surface area contributed by atoms with Crippen LogP contribution < -0.4 is 5.48 Å². The summed E-state index contributed by atoms with van der Waals surface area (Å²) in [4.78, 5) is 4.99. The van der Waals surface area contributed by atoms with Crippen LogP contribution >= 0.6 is 11.6 Å². The summed E-state index contributed by atoms with van der Waals surface area (Å²) in [6, 6.07) is 4.85. The number of halogens is 2. The SMILES string of the molecule is Fc1ccc([C@@H]2CCON2)cc1Cl. The molecule has 2 nitrogen and oxygen atoms in total. The van der Waals surface area contributed by atoms with Crippen molar-refractivity contribution in [3.05, 3.63) is 34.6 Å². The van der Waals surface area contributed by atoms with Crippen LogP contribution in [-0.4, -0.2) is 6.61 Å². The lowest BCUT2D eigenvalue weighted by molar-refractivity contribution is 0.0883. The van der Waals surface area contributed by atoms with E-state index in [2.05, 4.69) is 5.48 Å². The zero-order valence-corrected chi connectivity index (χ0v) is 7.64. The van der Waals surface area contributed by atoms with Crippen molar-refractivity contribution in [2.75, 3.05) is 6.61 Å². The van der Waals surface area contributed by atoms with Gasteiger partial charge in [0, 0.05) is 0 Å². The van der Waals surface area contributed by atoms with Crippen molar-refractivity contribution in [2.24, 2.45) is 0 Å². The standard InChI is InChI=1S/C9H9ClFNO/c10-7-5-6(1-2-8(7)11)9-3-4-13-12-9/h1-2,5,9,12H,3-4H2/t9-/m0/s1. The van der Waals surface area contributed by atoms with Crippen LogP contribution in [-0.2, 0) is 4.84 Å². The first-order valence-electron chi connectivity index (χ1n) is 4.09. The van der Waals surface area contributed by atoms with Gasteiger partial charge in [0.15, 0.2) is 0 Å². The van der Waals surface area contributed by atoms with Crippen molar-refractivity contribution < 1.29 is 9.23 Å². The fourth-order valence-electron chi connectivity index (χ4n) is 1.36. The van der Waals surface area contributed by atoms with E-state index < -0.39 is 0 Å². The van der Waals surface area contributed by atoms with Crippen LogP contribution in [0.1, 0.15) is 18.0 Å². The average molecular weight is 202 g/mol. The smallest absolute Gasteiger partial charge is 0.141 e. The Kier molecular flexibility index (Phi) is 2.49. The number of hydroxylamine groups is 1. The highest BCUT2D eigenvalue weighted by molar-refractivity contribution is 6.30. The molecule has 70 valence electrons. The molecule has 0 radical (unpaired) electrons. The van der Waals surface area contributed by atoms with Gasteiger partial charge in [-0.2, -0.15) is 5.48 Å². The number of nitrogens with one attached hydrogen (secondary N) is 1. The molecule has 0 unspecified atom stereocenters. The van der Waals surface area contributed by atoms with Crippen LogP contribution in [0.3, 0.4) is 0 Å². The third-order valence-electron chi connectivity index (χ3n) is 2.08. The maximum absolute atomic E-state index is 12.8. The zero-order chi connectivity index (χ0) is 9.26. The van der Waals surface area contributed by atoms with E-state index in [1.54, 1.807) is 12.1 Å². The summed E-state index contributed by atoms with van der Waals surface area (Å²) < 4.78 is 12.8. The van der Waals surface area contributed by atoms with E-state index in [1.165, 1.54) is 6.07 Å². The minimum Gasteiger partial charge on any atom is -0.301 e. The van der Waals surface area contributed by atoms with Crippen molar-refractivity contribution in [3.63, 3.8) is 0 Å². The minimum absolute atomic E-state index is 0.137. The van der Waals surface area contributed by atoms with Crippen molar-refractivity contribution in [2.45, 2.75) is 12.5 Å². The molecule has 1 atom stereocenters. The molecule has 0 amide bonds. The molecular weight excluding hydrogens is 193 g/mol. The van der Waals surface area contributed by atoms with Gasteiger partial charge in [-0.05, 0) is 24.1 Å². The van der Waals surface area contributed by atoms with Gasteiger partial charge in [0.05, 0.1) is 17.7 Å². The maximum Gasteiger partial charge on any atom is 0.141 e. The summed E-state index contributed by atoms with van der Waals surface area (Å²) in [6.07, 6.45) is 0.891. The highest BCUT2D eigenvalue weighted by atomic mass is 35.5. The second-order valence-electron chi connectivity index (χ2n) is 2.98. The largest absolute Gasteiger partial charge is 0.301 e. The van der Waals surface area contributed by atoms with E-state index in [9.17, 15) is 4.39 Å². The van der Waals surface area contributed by atoms with Crippen LogP contribution in [0.25, 0.3) is 0 Å². The van der Waals surface area contributed by atoms with Gasteiger partial charge in [0.1, 0.15) is 5.82 Å². The third-order valence-corrected chi connectivity index (χ3v) is 2.37. The summed E-state index contributed by atoms with van der Waals surface area (Å²) in [5.74, 6) is -0.385. The molecule has 1 heterocycles. The minimum atomic E-state index is -0.385. The molecule has 1 aliphatic heterocycles. The number of benzene rings is 1. The molecule has 1 fully saturated rings. The van der Waals surface area contributed by atoms with E-state index in [-0.39, 0.29) is 16.9 Å². The fourth-order valence-corrected chi connectivity index (χ4v) is 1.55. The van der Waals surface area contributed by atoms with Crippen LogP contribution in [0.4, 0.5) is 4.39 Å². The molecule has 13 heavy (non-hydrogen) atoms.